The third-order valence-corrected chi connectivity index (χ3v) is 2.79. The molecule has 2 aromatic carbocycles. The first-order chi connectivity index (χ1) is 9.81. The van der Waals surface area contributed by atoms with Gasteiger partial charge in [-0.25, -0.2) is 5.48 Å². The highest BCUT2D eigenvalue weighted by molar-refractivity contribution is 5.87. The van der Waals surface area contributed by atoms with E-state index in [1.807, 2.05) is 42.5 Å². The zero-order valence-corrected chi connectivity index (χ0v) is 10.9. The van der Waals surface area contributed by atoms with Crippen LogP contribution < -0.4 is 5.48 Å². The van der Waals surface area contributed by atoms with E-state index in [1.165, 1.54) is 6.08 Å². The molecule has 0 atom stereocenters. The topological polar surface area (TPSA) is 49.3 Å². The number of hydrogen-bond donors (Lipinski definition) is 2. The van der Waals surface area contributed by atoms with Crippen molar-refractivity contribution in [2.24, 2.45) is 0 Å². The molecule has 0 aromatic heterocycles. The summed E-state index contributed by atoms with van der Waals surface area (Å²) in [4.78, 5) is 10.8. The van der Waals surface area contributed by atoms with Gasteiger partial charge in [-0.1, -0.05) is 72.8 Å². The Kier molecular flexibility index (Phi) is 4.87. The molecule has 2 aromatic rings. The monoisotopic (exact) mass is 265 g/mol. The third-order valence-electron chi connectivity index (χ3n) is 2.79. The van der Waals surface area contributed by atoms with Gasteiger partial charge in [0.2, 0.25) is 0 Å². The molecule has 0 spiro atoms. The summed E-state index contributed by atoms with van der Waals surface area (Å²) in [6.07, 6.45) is 6.51. The number of benzene rings is 2. The first kappa shape index (κ1) is 13.8. The lowest BCUT2D eigenvalue weighted by molar-refractivity contribution is -0.124. The van der Waals surface area contributed by atoms with E-state index in [2.05, 4.69) is 18.2 Å². The molecule has 3 nitrogen and oxygen atoms in total. The third kappa shape index (κ3) is 3.67. The van der Waals surface area contributed by atoms with Crippen LogP contribution in [0.3, 0.4) is 0 Å². The summed E-state index contributed by atoms with van der Waals surface area (Å²) in [6.45, 7) is 0. The molecule has 0 fully saturated rings. The van der Waals surface area contributed by atoms with Crippen LogP contribution >= 0.6 is 0 Å². The van der Waals surface area contributed by atoms with E-state index in [4.69, 9.17) is 5.21 Å². The Morgan fingerprint density at radius 2 is 1.65 bits per heavy atom. The number of allylic oxidation sites excluding steroid dienone is 2. The molecule has 0 unspecified atom stereocenters. The second-order valence-electron chi connectivity index (χ2n) is 4.15. The van der Waals surface area contributed by atoms with Crippen LogP contribution in [0.1, 0.15) is 5.56 Å². The minimum atomic E-state index is -0.550. The Balaban J connectivity index is 2.23. The van der Waals surface area contributed by atoms with E-state index >= 15 is 0 Å². The average Bonchev–Trinajstić information content (AvgIpc) is 2.52. The fourth-order valence-corrected chi connectivity index (χ4v) is 1.86. The molecule has 20 heavy (non-hydrogen) atoms. The van der Waals surface area contributed by atoms with E-state index in [-0.39, 0.29) is 0 Å². The van der Waals surface area contributed by atoms with Gasteiger partial charge in [0.05, 0.1) is 0 Å². The molecule has 0 saturated carbocycles. The van der Waals surface area contributed by atoms with Crippen LogP contribution in [0.4, 0.5) is 0 Å². The van der Waals surface area contributed by atoms with Crippen molar-refractivity contribution >= 4 is 12.0 Å². The predicted octanol–water partition coefficient (Wildman–Crippen LogP) is 3.43. The molecule has 0 saturated heterocycles. The first-order valence-corrected chi connectivity index (χ1v) is 6.24. The quantitative estimate of drug-likeness (QED) is 0.385. The molecule has 0 heterocycles. The van der Waals surface area contributed by atoms with Gasteiger partial charge in [-0.2, -0.15) is 0 Å². The maximum Gasteiger partial charge on any atom is 0.267 e. The molecule has 0 aliphatic carbocycles. The summed E-state index contributed by atoms with van der Waals surface area (Å²) in [5, 5.41) is 8.37. The molecule has 0 aliphatic rings. The second kappa shape index (κ2) is 7.07. The largest absolute Gasteiger partial charge is 0.288 e. The molecule has 1 amide bonds. The van der Waals surface area contributed by atoms with E-state index < -0.39 is 5.91 Å². The highest BCUT2D eigenvalue weighted by Gasteiger charge is 2.00. The van der Waals surface area contributed by atoms with Crippen molar-refractivity contribution in [3.63, 3.8) is 0 Å². The molecule has 2 rings (SSSR count). The Morgan fingerprint density at radius 3 is 2.40 bits per heavy atom. The molecular formula is C17H15NO2. The zero-order valence-electron chi connectivity index (χ0n) is 10.9. The zero-order chi connectivity index (χ0) is 14.2. The number of carbonyl (C=O) groups is 1. The van der Waals surface area contributed by atoms with Crippen molar-refractivity contribution in [2.45, 2.75) is 0 Å². The van der Waals surface area contributed by atoms with Gasteiger partial charge in [0, 0.05) is 6.08 Å². The first-order valence-electron chi connectivity index (χ1n) is 6.24. The summed E-state index contributed by atoms with van der Waals surface area (Å²) in [5.41, 5.74) is 4.88. The minimum Gasteiger partial charge on any atom is -0.288 e. The van der Waals surface area contributed by atoms with Gasteiger partial charge in [-0.3, -0.25) is 10.0 Å². The number of rotatable bonds is 4. The van der Waals surface area contributed by atoms with Crippen molar-refractivity contribution in [3.8, 4) is 11.1 Å². The number of carbonyl (C=O) groups excluding carboxylic acids is 1. The minimum absolute atomic E-state index is 0.550. The lowest BCUT2D eigenvalue weighted by atomic mass is 9.99. The average molecular weight is 265 g/mol. The van der Waals surface area contributed by atoms with E-state index in [1.54, 1.807) is 17.6 Å². The fraction of sp³-hybridized carbons (Fsp3) is 0. The van der Waals surface area contributed by atoms with Crippen molar-refractivity contribution in [2.75, 3.05) is 0 Å². The van der Waals surface area contributed by atoms with Crippen LogP contribution in [0.15, 0.2) is 72.8 Å². The van der Waals surface area contributed by atoms with Crippen LogP contribution in [-0.4, -0.2) is 11.1 Å². The summed E-state index contributed by atoms with van der Waals surface area (Å²) in [6, 6.07) is 18.1. The smallest absolute Gasteiger partial charge is 0.267 e. The number of amides is 1. The van der Waals surface area contributed by atoms with Crippen molar-refractivity contribution < 1.29 is 10.0 Å². The van der Waals surface area contributed by atoms with Gasteiger partial charge in [-0.15, -0.1) is 0 Å². The van der Waals surface area contributed by atoms with Crippen LogP contribution in [0.25, 0.3) is 17.2 Å². The Hall–Kier alpha value is -2.65. The molecule has 2 N–H and O–H groups in total. The van der Waals surface area contributed by atoms with Crippen LogP contribution in [0.5, 0.6) is 0 Å². The Labute approximate surface area is 117 Å². The summed E-state index contributed by atoms with van der Waals surface area (Å²) < 4.78 is 0. The molecule has 3 heteroatoms. The number of nitrogens with one attached hydrogen (secondary N) is 1. The molecular weight excluding hydrogens is 250 g/mol. The number of hydroxylamine groups is 1. The van der Waals surface area contributed by atoms with E-state index in [0.717, 1.165) is 16.7 Å². The number of hydrogen-bond acceptors (Lipinski definition) is 2. The summed E-state index contributed by atoms with van der Waals surface area (Å²) in [5.74, 6) is -0.550. The molecule has 0 bridgehead atoms. The Morgan fingerprint density at radius 1 is 0.950 bits per heavy atom. The summed E-state index contributed by atoms with van der Waals surface area (Å²) >= 11 is 0. The normalized spacial score (nSPS) is 11.1. The van der Waals surface area contributed by atoms with E-state index in [9.17, 15) is 4.79 Å². The van der Waals surface area contributed by atoms with Gasteiger partial charge < -0.3 is 0 Å². The summed E-state index contributed by atoms with van der Waals surface area (Å²) in [7, 11) is 0. The maximum atomic E-state index is 10.8. The van der Waals surface area contributed by atoms with Crippen molar-refractivity contribution in [3.05, 3.63) is 78.4 Å². The van der Waals surface area contributed by atoms with Crippen LogP contribution in [-0.2, 0) is 4.79 Å². The van der Waals surface area contributed by atoms with Crippen LogP contribution in [0, 0.1) is 0 Å². The molecule has 100 valence electrons. The standard InChI is InChI=1S/C17H15NO2/c19-17(18-20)13-7-5-11-15-10-4-6-12-16(15)14-8-2-1-3-9-14/h1-13,20H,(H,18,19)/b11-5?,13-7+. The van der Waals surface area contributed by atoms with Gasteiger partial charge in [0.15, 0.2) is 0 Å². The highest BCUT2D eigenvalue weighted by atomic mass is 16.5. The SMILES string of the molecule is O=C(/C=C/C=Cc1ccccc1-c1ccccc1)NO. The van der Waals surface area contributed by atoms with Gasteiger partial charge in [0.1, 0.15) is 0 Å². The van der Waals surface area contributed by atoms with Crippen LogP contribution in [0.2, 0.25) is 0 Å². The Bertz CT molecular complexity index is 630. The van der Waals surface area contributed by atoms with Gasteiger partial charge in [-0.05, 0) is 16.7 Å². The van der Waals surface area contributed by atoms with Crippen molar-refractivity contribution in [1.82, 2.24) is 5.48 Å². The molecule has 0 aliphatic heterocycles. The van der Waals surface area contributed by atoms with E-state index in [0.29, 0.717) is 0 Å². The maximum absolute atomic E-state index is 10.8. The lowest BCUT2D eigenvalue weighted by Crippen LogP contribution is -2.14. The van der Waals surface area contributed by atoms with Gasteiger partial charge in [0.25, 0.3) is 5.91 Å². The molecule has 0 radical (unpaired) electrons. The predicted molar refractivity (Wildman–Crippen MR) is 80.0 cm³/mol. The lowest BCUT2D eigenvalue weighted by Gasteiger charge is -2.05. The second-order valence-corrected chi connectivity index (χ2v) is 4.15. The highest BCUT2D eigenvalue weighted by Crippen LogP contribution is 2.24. The van der Waals surface area contributed by atoms with Crippen molar-refractivity contribution in [1.29, 1.82) is 0 Å². The fourth-order valence-electron chi connectivity index (χ4n) is 1.86. The van der Waals surface area contributed by atoms with Gasteiger partial charge >= 0.3 is 0 Å².